The fourth-order valence-electron chi connectivity index (χ4n) is 4.48. The van der Waals surface area contributed by atoms with Crippen molar-refractivity contribution >= 4 is 22.7 Å². The molecule has 4 aromatic rings. The van der Waals surface area contributed by atoms with Crippen LogP contribution in [0.15, 0.2) is 54.9 Å². The highest BCUT2D eigenvalue weighted by atomic mass is 16.6. The quantitative estimate of drug-likeness (QED) is 0.352. The summed E-state index contributed by atoms with van der Waals surface area (Å²) < 4.78 is 15.2. The standard InChI is InChI=1S/C27H28N6O3/c1-18(2)36-27(34)30-20-8-6-19(7-9-20)26-24(17-28)23-11-10-22(35-15-14-32-13-12-29-31-32)16-25(23)33(26)21-4-3-5-21/h6-13,16,18,21H,3-5,14-15H2,1-2H3,(H,30,34). The Morgan fingerprint density at radius 3 is 2.67 bits per heavy atom. The van der Waals surface area contributed by atoms with Crippen LogP contribution in [-0.4, -0.2) is 38.4 Å². The van der Waals surface area contributed by atoms with E-state index in [0.717, 1.165) is 40.8 Å². The Kier molecular flexibility index (Phi) is 6.58. The molecule has 2 aromatic heterocycles. The lowest BCUT2D eigenvalue weighted by Crippen LogP contribution is -2.18. The van der Waals surface area contributed by atoms with Crippen LogP contribution in [0.4, 0.5) is 10.5 Å². The molecule has 0 atom stereocenters. The maximum Gasteiger partial charge on any atom is 0.411 e. The van der Waals surface area contributed by atoms with Gasteiger partial charge in [0.1, 0.15) is 18.4 Å². The first-order valence-corrected chi connectivity index (χ1v) is 12.2. The van der Waals surface area contributed by atoms with Crippen LogP contribution in [0.25, 0.3) is 22.2 Å². The predicted octanol–water partition coefficient (Wildman–Crippen LogP) is 5.53. The zero-order valence-electron chi connectivity index (χ0n) is 20.3. The molecule has 0 radical (unpaired) electrons. The maximum atomic E-state index is 12.0. The van der Waals surface area contributed by atoms with Crippen molar-refractivity contribution in [1.82, 2.24) is 19.6 Å². The van der Waals surface area contributed by atoms with Crippen molar-refractivity contribution in [3.63, 3.8) is 0 Å². The van der Waals surface area contributed by atoms with E-state index in [1.165, 1.54) is 6.42 Å². The molecule has 0 spiro atoms. The van der Waals surface area contributed by atoms with E-state index in [9.17, 15) is 10.1 Å². The van der Waals surface area contributed by atoms with E-state index in [0.29, 0.717) is 30.4 Å². The Labute approximate surface area is 209 Å². The zero-order chi connectivity index (χ0) is 25.1. The molecule has 0 unspecified atom stereocenters. The number of rotatable bonds is 8. The molecule has 36 heavy (non-hydrogen) atoms. The Balaban J connectivity index is 1.47. The van der Waals surface area contributed by atoms with Crippen molar-refractivity contribution in [3.8, 4) is 23.1 Å². The molecule has 9 heteroatoms. The van der Waals surface area contributed by atoms with Crippen LogP contribution in [0.1, 0.15) is 44.7 Å². The summed E-state index contributed by atoms with van der Waals surface area (Å²) in [7, 11) is 0. The summed E-state index contributed by atoms with van der Waals surface area (Å²) in [4.78, 5) is 12.0. The van der Waals surface area contributed by atoms with Crippen molar-refractivity contribution in [3.05, 3.63) is 60.4 Å². The molecule has 1 fully saturated rings. The smallest absolute Gasteiger partial charge is 0.411 e. The second-order valence-electron chi connectivity index (χ2n) is 9.14. The molecule has 0 bridgehead atoms. The Morgan fingerprint density at radius 1 is 1.22 bits per heavy atom. The van der Waals surface area contributed by atoms with Crippen LogP contribution in [0, 0.1) is 11.3 Å². The monoisotopic (exact) mass is 484 g/mol. The average molecular weight is 485 g/mol. The predicted molar refractivity (Wildman–Crippen MR) is 136 cm³/mol. The SMILES string of the molecule is CC(C)OC(=O)Nc1ccc(-c2c(C#N)c3ccc(OCCn4ccnn4)cc3n2C2CCC2)cc1. The largest absolute Gasteiger partial charge is 0.492 e. The van der Waals surface area contributed by atoms with Crippen LogP contribution < -0.4 is 10.1 Å². The minimum atomic E-state index is -0.490. The summed E-state index contributed by atoms with van der Waals surface area (Å²) in [6.07, 6.45) is 6.06. The van der Waals surface area contributed by atoms with Gasteiger partial charge in [0.25, 0.3) is 0 Å². The molecular weight excluding hydrogens is 456 g/mol. The number of nitrogens with zero attached hydrogens (tertiary/aromatic N) is 5. The van der Waals surface area contributed by atoms with Gasteiger partial charge in [0, 0.05) is 29.4 Å². The lowest BCUT2D eigenvalue weighted by molar-refractivity contribution is 0.130. The van der Waals surface area contributed by atoms with E-state index < -0.39 is 6.09 Å². The lowest BCUT2D eigenvalue weighted by atomic mass is 9.92. The van der Waals surface area contributed by atoms with Gasteiger partial charge < -0.3 is 14.0 Å². The van der Waals surface area contributed by atoms with Gasteiger partial charge in [0.2, 0.25) is 0 Å². The molecular formula is C27H28N6O3. The van der Waals surface area contributed by atoms with Gasteiger partial charge in [0.15, 0.2) is 0 Å². The van der Waals surface area contributed by atoms with Crippen LogP contribution in [0.2, 0.25) is 0 Å². The first kappa shape index (κ1) is 23.4. The number of aromatic nitrogens is 4. The second kappa shape index (κ2) is 10.1. The van der Waals surface area contributed by atoms with Crippen LogP contribution in [0.3, 0.4) is 0 Å². The fourth-order valence-corrected chi connectivity index (χ4v) is 4.48. The lowest BCUT2D eigenvalue weighted by Gasteiger charge is -2.30. The summed E-state index contributed by atoms with van der Waals surface area (Å²) in [5.41, 5.74) is 4.09. The first-order valence-electron chi connectivity index (χ1n) is 12.2. The van der Waals surface area contributed by atoms with Gasteiger partial charge in [-0.3, -0.25) is 5.32 Å². The van der Waals surface area contributed by atoms with E-state index in [2.05, 4.69) is 26.3 Å². The molecule has 9 nitrogen and oxygen atoms in total. The van der Waals surface area contributed by atoms with Gasteiger partial charge in [-0.25, -0.2) is 9.48 Å². The Bertz CT molecular complexity index is 1400. The van der Waals surface area contributed by atoms with E-state index in [4.69, 9.17) is 9.47 Å². The van der Waals surface area contributed by atoms with Gasteiger partial charge in [-0.05, 0) is 62.9 Å². The van der Waals surface area contributed by atoms with E-state index in [1.54, 1.807) is 30.9 Å². The molecule has 1 amide bonds. The summed E-state index contributed by atoms with van der Waals surface area (Å²) in [5.74, 6) is 0.750. The third-order valence-corrected chi connectivity index (χ3v) is 6.34. The van der Waals surface area contributed by atoms with Gasteiger partial charge in [-0.1, -0.05) is 17.3 Å². The number of benzene rings is 2. The number of carbonyl (C=O) groups is 1. The van der Waals surface area contributed by atoms with E-state index in [1.807, 2.05) is 42.5 Å². The Hall–Kier alpha value is -4.32. The number of hydrogen-bond donors (Lipinski definition) is 1. The third kappa shape index (κ3) is 4.75. The number of anilines is 1. The second-order valence-corrected chi connectivity index (χ2v) is 9.14. The molecule has 2 aromatic carbocycles. The molecule has 2 heterocycles. The van der Waals surface area contributed by atoms with Crippen molar-refractivity contribution in [2.24, 2.45) is 0 Å². The Morgan fingerprint density at radius 2 is 2.03 bits per heavy atom. The van der Waals surface area contributed by atoms with Crippen molar-refractivity contribution in [2.75, 3.05) is 11.9 Å². The van der Waals surface area contributed by atoms with Gasteiger partial charge in [-0.15, -0.1) is 5.10 Å². The van der Waals surface area contributed by atoms with Crippen molar-refractivity contribution in [2.45, 2.75) is 51.8 Å². The minimum absolute atomic E-state index is 0.197. The molecule has 1 N–H and O–H groups in total. The highest BCUT2D eigenvalue weighted by molar-refractivity contribution is 5.96. The molecule has 5 rings (SSSR count). The zero-order valence-corrected chi connectivity index (χ0v) is 20.3. The molecule has 0 aliphatic heterocycles. The molecule has 184 valence electrons. The number of nitriles is 1. The normalized spacial score (nSPS) is 13.4. The summed E-state index contributed by atoms with van der Waals surface area (Å²) >= 11 is 0. The van der Waals surface area contributed by atoms with Gasteiger partial charge >= 0.3 is 6.09 Å². The van der Waals surface area contributed by atoms with Crippen molar-refractivity contribution in [1.29, 1.82) is 5.26 Å². The summed E-state index contributed by atoms with van der Waals surface area (Å²) in [6, 6.07) is 16.2. The van der Waals surface area contributed by atoms with Crippen molar-refractivity contribution < 1.29 is 14.3 Å². The molecule has 1 saturated carbocycles. The third-order valence-electron chi connectivity index (χ3n) is 6.34. The van der Waals surface area contributed by atoms with Crippen LogP contribution >= 0.6 is 0 Å². The number of nitrogens with one attached hydrogen (secondary N) is 1. The summed E-state index contributed by atoms with van der Waals surface area (Å²) in [5, 5.41) is 21.6. The molecule has 1 aliphatic carbocycles. The van der Waals surface area contributed by atoms with E-state index >= 15 is 0 Å². The number of ether oxygens (including phenoxy) is 2. The fraction of sp³-hybridized carbons (Fsp3) is 0.333. The van der Waals surface area contributed by atoms with Crippen LogP contribution in [-0.2, 0) is 11.3 Å². The molecule has 0 saturated heterocycles. The van der Waals surface area contributed by atoms with Crippen LogP contribution in [0.5, 0.6) is 5.75 Å². The van der Waals surface area contributed by atoms with Gasteiger partial charge in [0.05, 0.1) is 35.6 Å². The average Bonchev–Trinajstić information content (AvgIpc) is 3.44. The summed E-state index contributed by atoms with van der Waals surface area (Å²) in [6.45, 7) is 4.67. The molecule has 1 aliphatic rings. The number of amides is 1. The minimum Gasteiger partial charge on any atom is -0.492 e. The van der Waals surface area contributed by atoms with E-state index in [-0.39, 0.29) is 6.10 Å². The highest BCUT2D eigenvalue weighted by Gasteiger charge is 2.28. The van der Waals surface area contributed by atoms with Gasteiger partial charge in [-0.2, -0.15) is 5.26 Å². The highest BCUT2D eigenvalue weighted by Crippen LogP contribution is 2.43. The maximum absolute atomic E-state index is 12.0. The number of carbonyl (C=O) groups excluding carboxylic acids is 1. The topological polar surface area (TPSA) is 107 Å². The first-order chi connectivity index (χ1) is 17.5. The number of hydrogen-bond acceptors (Lipinski definition) is 6. The number of fused-ring (bicyclic) bond motifs is 1.